The zero-order valence-corrected chi connectivity index (χ0v) is 58.6. The lowest BCUT2D eigenvalue weighted by Gasteiger charge is -2.45. The number of halogens is 4. The Morgan fingerprint density at radius 1 is 0.628 bits per heavy atom. The van der Waals surface area contributed by atoms with Gasteiger partial charge < -0.3 is 55.1 Å². The molecule has 22 nitrogen and oxygen atoms in total. The number of likely N-dealkylation sites (N-methyl/N-ethyl adjacent to an activating group) is 6. The molecule has 0 aromatic heterocycles. The first-order chi connectivity index (χ1) is 44.1. The summed E-state index contributed by atoms with van der Waals surface area (Å²) in [6.07, 6.45) is 2.89. The largest absolute Gasteiger partial charge is 0.417 e. The van der Waals surface area contributed by atoms with E-state index in [0.29, 0.717) is 37.7 Å². The fourth-order valence-electron chi connectivity index (χ4n) is 14.2. The van der Waals surface area contributed by atoms with Crippen molar-refractivity contribution in [1.29, 1.82) is 0 Å². The minimum Gasteiger partial charge on any atom is -0.343 e. The smallest absolute Gasteiger partial charge is 0.343 e. The first-order valence-corrected chi connectivity index (χ1v) is 34.4. The molecule has 0 bridgehead atoms. The second-order valence-electron chi connectivity index (χ2n) is 28.1. The van der Waals surface area contributed by atoms with Crippen molar-refractivity contribution in [3.63, 3.8) is 0 Å². The Labute approximate surface area is 558 Å². The molecule has 0 radical (unpaired) electrons. The molecular weight excluding hydrogens is 1240 g/mol. The van der Waals surface area contributed by atoms with Crippen LogP contribution in [-0.2, 0) is 65.3 Å². The standard InChI is InChI=1S/C68H105ClF3N11O11/c1-15-41(5)56-64(92)78(11)44(8)60(88)83-34-30-51(83)63(91)80(13)53(38-45-23-18-17-19-24-45)62(90)76(9)39-54(84)73-49(29-27-46-26-28-47(48(69)37-46)68(70,71)72)61(89)82-33-22-25-50(82)59(87)75-67(31-20-21-32-67)66(94)81(14)57(42(6)16-2)65(93)77(10)43(7)36-55(85)79(12)52(35-40(3)4)58(86)74-56/h26,28,37,40-45,49-53,56-57H,15-25,27,29-36,38-39H2,1-14H3,(H,73,84)(H,74,86)(H,75,87)/t41?,42-,43+,44-,49-,50-,51-,52-,53-,56-,57-/m0/s1. The van der Waals surface area contributed by atoms with Crippen LogP contribution in [0.4, 0.5) is 13.2 Å². The van der Waals surface area contributed by atoms with Crippen molar-refractivity contribution < 1.29 is 65.9 Å². The van der Waals surface area contributed by atoms with Crippen molar-refractivity contribution in [1.82, 2.24) is 55.1 Å². The molecule has 3 heterocycles. The molecule has 1 aromatic carbocycles. The van der Waals surface area contributed by atoms with E-state index in [1.807, 2.05) is 34.6 Å². The third-order valence-electron chi connectivity index (χ3n) is 21.1. The summed E-state index contributed by atoms with van der Waals surface area (Å²) in [5.74, 6) is -7.33. The average Bonchev–Trinajstić information content (AvgIpc) is 1.20. The van der Waals surface area contributed by atoms with Gasteiger partial charge in [-0.2, -0.15) is 13.2 Å². The van der Waals surface area contributed by atoms with Crippen LogP contribution in [0.2, 0.25) is 5.02 Å². The molecule has 11 atom stereocenters. The first kappa shape index (κ1) is 76.5. The summed E-state index contributed by atoms with van der Waals surface area (Å²) in [6, 6.07) is -6.61. The number of rotatable bonds is 11. The van der Waals surface area contributed by atoms with Crippen LogP contribution in [0.3, 0.4) is 0 Å². The SMILES string of the molecule is CCC(C)[C@@H]1NC(=O)[C@H](CC(C)C)N(C)C(=O)C[C@@H](C)N(C)C(=O)[C@H]([C@@H](C)CC)N(C)C(=O)C2(CCCC2)NC(=O)[C@@H]2CCCN2C(=O)[C@H](CCc2ccc(C(F)(F)F)c(Cl)c2)NC(=O)CN(C)C(=O)[C@H](CC2CCCCC2)N(C)C(=O)[C@@H]2CCN2C(=O)[C@H](C)N(C)C1=O. The molecule has 1 spiro atoms. The van der Waals surface area contributed by atoms with Crippen molar-refractivity contribution in [2.45, 2.75) is 243 Å². The topological polar surface area (TPSA) is 250 Å². The summed E-state index contributed by atoms with van der Waals surface area (Å²) in [7, 11) is 8.91. The van der Waals surface area contributed by atoms with Gasteiger partial charge in [0.2, 0.25) is 65.0 Å². The zero-order chi connectivity index (χ0) is 70.0. The molecule has 1 aromatic rings. The molecule has 3 aliphatic heterocycles. The summed E-state index contributed by atoms with van der Waals surface area (Å²) >= 11 is 6.14. The van der Waals surface area contributed by atoms with Crippen LogP contribution in [0.1, 0.15) is 182 Å². The van der Waals surface area contributed by atoms with Crippen molar-refractivity contribution in [3.8, 4) is 0 Å². The lowest BCUT2D eigenvalue weighted by molar-refractivity contribution is -0.160. The van der Waals surface area contributed by atoms with Gasteiger partial charge in [-0.1, -0.05) is 117 Å². The van der Waals surface area contributed by atoms with Gasteiger partial charge in [-0.3, -0.25) is 52.7 Å². The number of nitrogens with one attached hydrogen (secondary N) is 3. The van der Waals surface area contributed by atoms with E-state index in [1.54, 1.807) is 20.9 Å². The second kappa shape index (κ2) is 32.9. The van der Waals surface area contributed by atoms with Crippen LogP contribution in [0.5, 0.6) is 0 Å². The lowest BCUT2D eigenvalue weighted by atomic mass is 9.84. The molecule has 526 valence electrons. The molecular formula is C68H105ClF3N11O11. The molecule has 3 saturated heterocycles. The number of amides is 11. The Bertz CT molecular complexity index is 2920. The fourth-order valence-corrected chi connectivity index (χ4v) is 14.5. The molecule has 11 amide bonds. The molecule has 2 aliphatic carbocycles. The van der Waals surface area contributed by atoms with Crippen LogP contribution in [0.25, 0.3) is 0 Å². The molecule has 94 heavy (non-hydrogen) atoms. The van der Waals surface area contributed by atoms with Gasteiger partial charge in [-0.25, -0.2) is 0 Å². The second-order valence-corrected chi connectivity index (χ2v) is 28.5. The summed E-state index contributed by atoms with van der Waals surface area (Å²) in [5.41, 5.74) is -2.24. The van der Waals surface area contributed by atoms with Crippen LogP contribution in [-0.4, -0.2) is 226 Å². The third kappa shape index (κ3) is 17.9. The molecule has 2 saturated carbocycles. The Hall–Kier alpha value is -6.53. The van der Waals surface area contributed by atoms with E-state index >= 15 is 9.59 Å². The number of hydrogen-bond acceptors (Lipinski definition) is 11. The normalized spacial score (nSPS) is 28.2. The van der Waals surface area contributed by atoms with Crippen LogP contribution >= 0.6 is 11.6 Å². The number of alkyl halides is 3. The molecule has 5 aliphatic rings. The highest BCUT2D eigenvalue weighted by atomic mass is 35.5. The van der Waals surface area contributed by atoms with E-state index in [1.165, 1.54) is 82.5 Å². The quantitative estimate of drug-likeness (QED) is 0.218. The molecule has 26 heteroatoms. The highest BCUT2D eigenvalue weighted by molar-refractivity contribution is 6.31. The number of aryl methyl sites for hydroxylation is 1. The summed E-state index contributed by atoms with van der Waals surface area (Å²) in [6.45, 7) is 14.0. The van der Waals surface area contributed by atoms with Gasteiger partial charge in [-0.05, 0) is 113 Å². The molecule has 6 rings (SSSR count). The van der Waals surface area contributed by atoms with E-state index in [9.17, 15) is 56.3 Å². The third-order valence-corrected chi connectivity index (χ3v) is 21.4. The number of fused-ring (bicyclic) bond motifs is 2. The maximum absolute atomic E-state index is 15.3. The summed E-state index contributed by atoms with van der Waals surface area (Å²) in [5, 5.41) is 8.20. The molecule has 5 fully saturated rings. The lowest BCUT2D eigenvalue weighted by Crippen LogP contribution is -2.65. The van der Waals surface area contributed by atoms with Crippen LogP contribution in [0.15, 0.2) is 18.2 Å². The highest BCUT2D eigenvalue weighted by Gasteiger charge is 2.51. The molecule has 1 unspecified atom stereocenters. The predicted molar refractivity (Wildman–Crippen MR) is 349 cm³/mol. The van der Waals surface area contributed by atoms with Crippen LogP contribution < -0.4 is 16.0 Å². The average molecular weight is 1350 g/mol. The van der Waals surface area contributed by atoms with Gasteiger partial charge in [0, 0.05) is 67.8 Å². The first-order valence-electron chi connectivity index (χ1n) is 34.1. The Morgan fingerprint density at radius 3 is 1.83 bits per heavy atom. The number of nitrogens with zero attached hydrogens (tertiary/aromatic N) is 8. The van der Waals surface area contributed by atoms with E-state index in [2.05, 4.69) is 16.0 Å². The van der Waals surface area contributed by atoms with E-state index in [0.717, 1.165) is 49.1 Å². The van der Waals surface area contributed by atoms with Gasteiger partial charge in [0.25, 0.3) is 0 Å². The number of benzene rings is 1. The summed E-state index contributed by atoms with van der Waals surface area (Å²) < 4.78 is 41.5. The van der Waals surface area contributed by atoms with Gasteiger partial charge in [-0.15, -0.1) is 0 Å². The van der Waals surface area contributed by atoms with E-state index < -0.39 is 160 Å². The monoisotopic (exact) mass is 1340 g/mol. The van der Waals surface area contributed by atoms with Crippen molar-refractivity contribution in [2.75, 3.05) is 61.9 Å². The van der Waals surface area contributed by atoms with E-state index in [-0.39, 0.29) is 82.7 Å². The Balaban J connectivity index is 1.40. The van der Waals surface area contributed by atoms with Crippen molar-refractivity contribution >= 4 is 76.6 Å². The summed E-state index contributed by atoms with van der Waals surface area (Å²) in [4.78, 5) is 173. The number of carbonyl (C=O) groups excluding carboxylic acids is 11. The highest BCUT2D eigenvalue weighted by Crippen LogP contribution is 2.37. The molecule has 3 N–H and O–H groups in total. The predicted octanol–water partition coefficient (Wildman–Crippen LogP) is 6.43. The van der Waals surface area contributed by atoms with Gasteiger partial charge in [0.15, 0.2) is 0 Å². The Kier molecular flexibility index (Phi) is 26.8. The van der Waals surface area contributed by atoms with Gasteiger partial charge >= 0.3 is 6.18 Å². The maximum Gasteiger partial charge on any atom is 0.417 e. The number of carbonyl (C=O) groups is 11. The fraction of sp³-hybridized carbons (Fsp3) is 0.750. The number of hydrogen-bond donors (Lipinski definition) is 3. The minimum absolute atomic E-state index is 0.0378. The van der Waals surface area contributed by atoms with Gasteiger partial charge in [0.05, 0.1) is 17.1 Å². The van der Waals surface area contributed by atoms with Crippen molar-refractivity contribution in [2.24, 2.45) is 23.7 Å². The van der Waals surface area contributed by atoms with Crippen molar-refractivity contribution in [3.05, 3.63) is 34.3 Å². The van der Waals surface area contributed by atoms with Crippen LogP contribution in [0, 0.1) is 23.7 Å². The van der Waals surface area contributed by atoms with Gasteiger partial charge in [0.1, 0.15) is 53.9 Å². The minimum atomic E-state index is -4.74. The Morgan fingerprint density at radius 2 is 1.26 bits per heavy atom. The van der Waals surface area contributed by atoms with E-state index in [4.69, 9.17) is 11.6 Å². The maximum atomic E-state index is 15.3. The zero-order valence-electron chi connectivity index (χ0n) is 57.9.